The number of nitrogens with zero attached hydrogens (tertiary/aromatic N) is 3. The Balaban J connectivity index is 1.87. The lowest BCUT2D eigenvalue weighted by molar-refractivity contribution is 0.142. The summed E-state index contributed by atoms with van der Waals surface area (Å²) in [6.45, 7) is 2.76. The van der Waals surface area contributed by atoms with Gasteiger partial charge in [-0.1, -0.05) is 6.07 Å². The van der Waals surface area contributed by atoms with E-state index in [2.05, 4.69) is 14.9 Å². The summed E-state index contributed by atoms with van der Waals surface area (Å²) < 4.78 is 0. The fourth-order valence-corrected chi connectivity index (χ4v) is 2.56. The summed E-state index contributed by atoms with van der Waals surface area (Å²) in [6.07, 6.45) is -0.854. The van der Waals surface area contributed by atoms with Gasteiger partial charge in [0.05, 0.1) is 17.7 Å². The van der Waals surface area contributed by atoms with E-state index in [-0.39, 0.29) is 0 Å². The lowest BCUT2D eigenvalue weighted by Crippen LogP contribution is -2.48. The molecule has 1 aromatic heterocycles. The molecule has 0 bridgehead atoms. The molecule has 0 saturated carbocycles. The van der Waals surface area contributed by atoms with Crippen LogP contribution in [0.1, 0.15) is 5.82 Å². The van der Waals surface area contributed by atoms with Crippen LogP contribution in [0.2, 0.25) is 0 Å². The third-order valence-electron chi connectivity index (χ3n) is 3.62. The van der Waals surface area contributed by atoms with E-state index in [0.29, 0.717) is 32.7 Å². The number of imidazole rings is 1. The number of hydrogen-bond donors (Lipinski definition) is 3. The van der Waals surface area contributed by atoms with Crippen LogP contribution in [0.25, 0.3) is 11.0 Å². The molecule has 1 amide bonds. The molecular weight excluding hydrogens is 258 g/mol. The Morgan fingerprint density at radius 2 is 2.10 bits per heavy atom. The highest BCUT2D eigenvalue weighted by Gasteiger charge is 2.22. The average Bonchev–Trinajstić information content (AvgIpc) is 2.90. The number of rotatable bonds is 2. The molecule has 0 spiro atoms. The number of H-pyrrole nitrogens is 1. The number of carbonyl (C=O) groups is 1. The molecule has 0 aliphatic carbocycles. The number of amides is 1. The van der Waals surface area contributed by atoms with Crippen LogP contribution >= 0.6 is 0 Å². The number of piperazine rings is 1. The molecule has 1 aromatic carbocycles. The maximum absolute atomic E-state index is 10.9. The summed E-state index contributed by atoms with van der Waals surface area (Å²) in [6, 6.07) is 5.96. The number of aromatic amines is 1. The smallest absolute Gasteiger partial charge is 0.407 e. The molecule has 106 valence electrons. The predicted octanol–water partition coefficient (Wildman–Crippen LogP) is 0.822. The molecule has 20 heavy (non-hydrogen) atoms. The fraction of sp³-hybridized carbons (Fsp3) is 0.385. The third kappa shape index (κ3) is 2.16. The summed E-state index contributed by atoms with van der Waals surface area (Å²) >= 11 is 0. The number of anilines is 1. The largest absolute Gasteiger partial charge is 0.465 e. The zero-order valence-corrected chi connectivity index (χ0v) is 11.0. The zero-order chi connectivity index (χ0) is 14.1. The van der Waals surface area contributed by atoms with Gasteiger partial charge in [-0.3, -0.25) is 0 Å². The molecule has 1 aliphatic rings. The highest BCUT2D eigenvalue weighted by atomic mass is 16.4. The predicted molar refractivity (Wildman–Crippen MR) is 75.8 cm³/mol. The van der Waals surface area contributed by atoms with Crippen LogP contribution < -0.4 is 10.6 Å². The molecule has 2 heterocycles. The number of nitrogens with two attached hydrogens (primary N) is 1. The minimum Gasteiger partial charge on any atom is -0.465 e. The van der Waals surface area contributed by atoms with Crippen molar-refractivity contribution in [1.82, 2.24) is 14.9 Å². The lowest BCUT2D eigenvalue weighted by atomic mass is 10.2. The first-order valence-corrected chi connectivity index (χ1v) is 6.59. The van der Waals surface area contributed by atoms with Crippen molar-refractivity contribution in [1.29, 1.82) is 0 Å². The van der Waals surface area contributed by atoms with Crippen LogP contribution in [0.4, 0.5) is 10.5 Å². The standard InChI is InChI=1S/C13H17N5O2/c14-8-11-15-9-2-1-3-10(12(9)16-11)17-4-6-18(7-5-17)13(19)20/h1-3H,4-8,14H2,(H,15,16)(H,19,20). The van der Waals surface area contributed by atoms with Crippen LogP contribution in [-0.4, -0.2) is 52.2 Å². The first-order valence-electron chi connectivity index (χ1n) is 6.59. The van der Waals surface area contributed by atoms with E-state index in [1.165, 1.54) is 4.90 Å². The quantitative estimate of drug-likeness (QED) is 0.753. The van der Waals surface area contributed by atoms with E-state index in [0.717, 1.165) is 22.5 Å². The molecule has 3 rings (SSSR count). The van der Waals surface area contributed by atoms with Gasteiger partial charge >= 0.3 is 6.09 Å². The maximum Gasteiger partial charge on any atom is 0.407 e. The first-order chi connectivity index (χ1) is 9.69. The van der Waals surface area contributed by atoms with Crippen LogP contribution in [0, 0.1) is 0 Å². The molecule has 1 aliphatic heterocycles. The summed E-state index contributed by atoms with van der Waals surface area (Å²) in [7, 11) is 0. The van der Waals surface area contributed by atoms with Gasteiger partial charge < -0.3 is 25.6 Å². The van der Waals surface area contributed by atoms with Gasteiger partial charge in [0, 0.05) is 26.2 Å². The minimum atomic E-state index is -0.854. The van der Waals surface area contributed by atoms with Crippen molar-refractivity contribution in [2.24, 2.45) is 5.73 Å². The summed E-state index contributed by atoms with van der Waals surface area (Å²) in [5.74, 6) is 0.761. The highest BCUT2D eigenvalue weighted by molar-refractivity contribution is 5.89. The van der Waals surface area contributed by atoms with Gasteiger partial charge in [-0.25, -0.2) is 9.78 Å². The SMILES string of the molecule is NCc1nc2c(N3CCN(C(=O)O)CC3)cccc2[nH]1. The molecular formula is C13H17N5O2. The van der Waals surface area contributed by atoms with Gasteiger partial charge in [0.25, 0.3) is 0 Å². The second-order valence-electron chi connectivity index (χ2n) is 4.82. The van der Waals surface area contributed by atoms with Crippen molar-refractivity contribution in [2.75, 3.05) is 31.1 Å². The van der Waals surface area contributed by atoms with Gasteiger partial charge in [0.15, 0.2) is 0 Å². The second kappa shape index (κ2) is 5.01. The maximum atomic E-state index is 10.9. The number of carboxylic acid groups (broad SMARTS) is 1. The van der Waals surface area contributed by atoms with Crippen molar-refractivity contribution in [3.8, 4) is 0 Å². The molecule has 2 aromatic rings. The molecule has 0 radical (unpaired) electrons. The van der Waals surface area contributed by atoms with Gasteiger partial charge in [-0.2, -0.15) is 0 Å². The Morgan fingerprint density at radius 3 is 2.75 bits per heavy atom. The van der Waals surface area contributed by atoms with Crippen molar-refractivity contribution < 1.29 is 9.90 Å². The molecule has 0 unspecified atom stereocenters. The van der Waals surface area contributed by atoms with Crippen LogP contribution in [0.3, 0.4) is 0 Å². The van der Waals surface area contributed by atoms with Gasteiger partial charge in [0.1, 0.15) is 11.3 Å². The number of fused-ring (bicyclic) bond motifs is 1. The number of nitrogens with one attached hydrogen (secondary N) is 1. The van der Waals surface area contributed by atoms with Crippen LogP contribution in [0.5, 0.6) is 0 Å². The third-order valence-corrected chi connectivity index (χ3v) is 3.62. The van der Waals surface area contributed by atoms with E-state index < -0.39 is 6.09 Å². The molecule has 7 heteroatoms. The Bertz CT molecular complexity index is 631. The molecule has 1 fully saturated rings. The van der Waals surface area contributed by atoms with Gasteiger partial charge in [-0.15, -0.1) is 0 Å². The molecule has 1 saturated heterocycles. The number of para-hydroxylation sites is 1. The second-order valence-corrected chi connectivity index (χ2v) is 4.82. The molecule has 7 nitrogen and oxygen atoms in total. The first kappa shape index (κ1) is 12.7. The number of hydrogen-bond acceptors (Lipinski definition) is 4. The van der Waals surface area contributed by atoms with Crippen molar-refractivity contribution >= 4 is 22.8 Å². The summed E-state index contributed by atoms with van der Waals surface area (Å²) in [5, 5.41) is 8.98. The topological polar surface area (TPSA) is 98.5 Å². The number of benzene rings is 1. The molecule has 0 atom stereocenters. The van der Waals surface area contributed by atoms with Crippen molar-refractivity contribution in [3.05, 3.63) is 24.0 Å². The summed E-state index contributed by atoms with van der Waals surface area (Å²) in [5.41, 5.74) is 8.51. The van der Waals surface area contributed by atoms with E-state index in [1.807, 2.05) is 18.2 Å². The highest BCUT2D eigenvalue weighted by Crippen LogP contribution is 2.26. The fourth-order valence-electron chi connectivity index (χ4n) is 2.56. The van der Waals surface area contributed by atoms with Crippen molar-refractivity contribution in [2.45, 2.75) is 6.54 Å². The van der Waals surface area contributed by atoms with Crippen LogP contribution in [-0.2, 0) is 6.54 Å². The Kier molecular flexibility index (Phi) is 3.19. The Hall–Kier alpha value is -2.28. The zero-order valence-electron chi connectivity index (χ0n) is 11.0. The monoisotopic (exact) mass is 275 g/mol. The van der Waals surface area contributed by atoms with Gasteiger partial charge in [0.2, 0.25) is 0 Å². The van der Waals surface area contributed by atoms with E-state index >= 15 is 0 Å². The lowest BCUT2D eigenvalue weighted by Gasteiger charge is -2.34. The van der Waals surface area contributed by atoms with E-state index in [4.69, 9.17) is 10.8 Å². The average molecular weight is 275 g/mol. The van der Waals surface area contributed by atoms with E-state index in [1.54, 1.807) is 0 Å². The molecule has 4 N–H and O–H groups in total. The van der Waals surface area contributed by atoms with E-state index in [9.17, 15) is 4.79 Å². The number of aromatic nitrogens is 2. The normalized spacial score (nSPS) is 15.8. The minimum absolute atomic E-state index is 0.376. The van der Waals surface area contributed by atoms with Crippen molar-refractivity contribution in [3.63, 3.8) is 0 Å². The van der Waals surface area contributed by atoms with Crippen LogP contribution in [0.15, 0.2) is 18.2 Å². The summed E-state index contributed by atoms with van der Waals surface area (Å²) in [4.78, 5) is 22.2. The Labute approximate surface area is 116 Å². The van der Waals surface area contributed by atoms with Gasteiger partial charge in [-0.05, 0) is 12.1 Å². The Morgan fingerprint density at radius 1 is 1.35 bits per heavy atom.